The molecule has 0 amide bonds. The normalized spacial score (nSPS) is 24.3. The van der Waals surface area contributed by atoms with Gasteiger partial charge in [-0.1, -0.05) is 0 Å². The summed E-state index contributed by atoms with van der Waals surface area (Å²) in [5.74, 6) is 0.869. The van der Waals surface area contributed by atoms with E-state index in [1.807, 2.05) is 0 Å². The van der Waals surface area contributed by atoms with Gasteiger partial charge in [-0.3, -0.25) is 0 Å². The highest BCUT2D eigenvalue weighted by molar-refractivity contribution is 5.85. The molecule has 1 fully saturated rings. The van der Waals surface area contributed by atoms with Gasteiger partial charge in [-0.15, -0.1) is 12.4 Å². The zero-order chi connectivity index (χ0) is 7.23. The second kappa shape index (κ2) is 6.89. The minimum absolute atomic E-state index is 0. The van der Waals surface area contributed by atoms with Crippen LogP contribution in [0.25, 0.3) is 0 Å². The average molecular weight is 180 g/mol. The number of halogens is 1. The molecule has 1 atom stereocenters. The molecule has 0 radical (unpaired) electrons. The van der Waals surface area contributed by atoms with Crippen molar-refractivity contribution in [2.75, 3.05) is 26.8 Å². The second-order valence-corrected chi connectivity index (χ2v) is 2.99. The first-order chi connectivity index (χ1) is 4.93. The minimum Gasteiger partial charge on any atom is -0.385 e. The number of hydrogen-bond acceptors (Lipinski definition) is 2. The van der Waals surface area contributed by atoms with Crippen molar-refractivity contribution >= 4 is 12.4 Å². The third kappa shape index (κ3) is 4.62. The minimum atomic E-state index is 0. The summed E-state index contributed by atoms with van der Waals surface area (Å²) in [6.07, 6.45) is 3.95. The molecule has 3 heteroatoms. The monoisotopic (exact) mass is 179 g/mol. The predicted octanol–water partition coefficient (Wildman–Crippen LogP) is 1.44. The van der Waals surface area contributed by atoms with Gasteiger partial charge < -0.3 is 10.1 Å². The molecular weight excluding hydrogens is 162 g/mol. The lowest BCUT2D eigenvalue weighted by atomic mass is 9.97. The molecule has 0 aromatic heterocycles. The smallest absolute Gasteiger partial charge is 0.0465 e. The Morgan fingerprint density at radius 3 is 2.91 bits per heavy atom. The van der Waals surface area contributed by atoms with Crippen LogP contribution in [0.1, 0.15) is 19.3 Å². The Balaban J connectivity index is 0.000001000. The van der Waals surface area contributed by atoms with Gasteiger partial charge >= 0.3 is 0 Å². The van der Waals surface area contributed by atoms with Crippen molar-refractivity contribution in [2.45, 2.75) is 19.3 Å². The lowest BCUT2D eigenvalue weighted by Gasteiger charge is -2.21. The Hall–Kier alpha value is 0.210. The van der Waals surface area contributed by atoms with E-state index in [9.17, 15) is 0 Å². The molecule has 1 saturated heterocycles. The molecule has 0 aromatic rings. The molecule has 0 saturated carbocycles. The van der Waals surface area contributed by atoms with E-state index in [1.54, 1.807) is 7.11 Å². The van der Waals surface area contributed by atoms with Crippen molar-refractivity contribution in [3.05, 3.63) is 0 Å². The van der Waals surface area contributed by atoms with E-state index in [2.05, 4.69) is 5.32 Å². The van der Waals surface area contributed by atoms with Crippen molar-refractivity contribution in [3.63, 3.8) is 0 Å². The van der Waals surface area contributed by atoms with Crippen LogP contribution < -0.4 is 5.32 Å². The van der Waals surface area contributed by atoms with Gasteiger partial charge in [0.1, 0.15) is 0 Å². The quantitative estimate of drug-likeness (QED) is 0.708. The van der Waals surface area contributed by atoms with Gasteiger partial charge in [0, 0.05) is 13.7 Å². The summed E-state index contributed by atoms with van der Waals surface area (Å²) in [5.41, 5.74) is 0. The summed E-state index contributed by atoms with van der Waals surface area (Å²) >= 11 is 0. The fourth-order valence-corrected chi connectivity index (χ4v) is 1.45. The summed E-state index contributed by atoms with van der Waals surface area (Å²) in [6, 6.07) is 0. The van der Waals surface area contributed by atoms with Crippen LogP contribution in [0.5, 0.6) is 0 Å². The lowest BCUT2D eigenvalue weighted by molar-refractivity contribution is 0.169. The number of ether oxygens (including phenoxy) is 1. The van der Waals surface area contributed by atoms with Crippen molar-refractivity contribution in [3.8, 4) is 0 Å². The lowest BCUT2D eigenvalue weighted by Crippen LogP contribution is -2.30. The maximum atomic E-state index is 5.02. The highest BCUT2D eigenvalue weighted by atomic mass is 35.5. The van der Waals surface area contributed by atoms with Gasteiger partial charge in [-0.05, 0) is 38.3 Å². The summed E-state index contributed by atoms with van der Waals surface area (Å²) in [7, 11) is 1.77. The van der Waals surface area contributed by atoms with Crippen LogP contribution in [0.3, 0.4) is 0 Å². The summed E-state index contributed by atoms with van der Waals surface area (Å²) in [4.78, 5) is 0. The van der Waals surface area contributed by atoms with E-state index in [0.29, 0.717) is 0 Å². The van der Waals surface area contributed by atoms with Crippen molar-refractivity contribution in [1.82, 2.24) is 5.32 Å². The molecule has 0 spiro atoms. The third-order valence-electron chi connectivity index (χ3n) is 2.13. The standard InChI is InChI=1S/C8H17NO.ClH/c1-10-6-4-8-3-2-5-9-7-8;/h8-9H,2-7H2,1H3;1H/t8-;/m0./s1. The molecule has 1 aliphatic heterocycles. The van der Waals surface area contributed by atoms with Gasteiger partial charge in [-0.2, -0.15) is 0 Å². The van der Waals surface area contributed by atoms with E-state index in [4.69, 9.17) is 4.74 Å². The number of piperidine rings is 1. The van der Waals surface area contributed by atoms with Gasteiger partial charge in [-0.25, -0.2) is 0 Å². The van der Waals surface area contributed by atoms with Gasteiger partial charge in [0.2, 0.25) is 0 Å². The fourth-order valence-electron chi connectivity index (χ4n) is 1.45. The van der Waals surface area contributed by atoms with Crippen molar-refractivity contribution < 1.29 is 4.74 Å². The molecule has 0 aromatic carbocycles. The first-order valence-corrected chi connectivity index (χ1v) is 4.13. The number of hydrogen-bond donors (Lipinski definition) is 1. The van der Waals surface area contributed by atoms with Crippen LogP contribution in [0.2, 0.25) is 0 Å². The Morgan fingerprint density at radius 2 is 2.36 bits per heavy atom. The summed E-state index contributed by atoms with van der Waals surface area (Å²) in [5, 5.41) is 3.39. The molecule has 1 N–H and O–H groups in total. The van der Waals surface area contributed by atoms with E-state index >= 15 is 0 Å². The zero-order valence-electron chi connectivity index (χ0n) is 7.14. The highest BCUT2D eigenvalue weighted by Gasteiger charge is 2.11. The molecule has 68 valence electrons. The number of methoxy groups -OCH3 is 1. The molecule has 0 bridgehead atoms. The number of rotatable bonds is 3. The largest absolute Gasteiger partial charge is 0.385 e. The fraction of sp³-hybridized carbons (Fsp3) is 1.00. The highest BCUT2D eigenvalue weighted by Crippen LogP contribution is 2.13. The average Bonchev–Trinajstić information content (AvgIpc) is 2.03. The van der Waals surface area contributed by atoms with E-state index in [-0.39, 0.29) is 12.4 Å². The third-order valence-corrected chi connectivity index (χ3v) is 2.13. The van der Waals surface area contributed by atoms with Crippen molar-refractivity contribution in [2.24, 2.45) is 5.92 Å². The summed E-state index contributed by atoms with van der Waals surface area (Å²) in [6.45, 7) is 3.33. The van der Waals surface area contributed by atoms with Crippen LogP contribution >= 0.6 is 12.4 Å². The van der Waals surface area contributed by atoms with E-state index in [1.165, 1.54) is 32.4 Å². The Bertz CT molecular complexity index is 84.2. The van der Waals surface area contributed by atoms with Crippen molar-refractivity contribution in [1.29, 1.82) is 0 Å². The molecule has 1 heterocycles. The van der Waals surface area contributed by atoms with E-state index in [0.717, 1.165) is 12.5 Å². The van der Waals surface area contributed by atoms with Gasteiger partial charge in [0.25, 0.3) is 0 Å². The molecule has 0 aliphatic carbocycles. The maximum absolute atomic E-state index is 5.02. The molecule has 0 unspecified atom stereocenters. The van der Waals surface area contributed by atoms with Crippen LogP contribution in [-0.2, 0) is 4.74 Å². The SMILES string of the molecule is COCC[C@@H]1CCCNC1.Cl. The molecule has 1 aliphatic rings. The van der Waals surface area contributed by atoms with Gasteiger partial charge in [0.05, 0.1) is 0 Å². The Morgan fingerprint density at radius 1 is 1.55 bits per heavy atom. The molecular formula is C8H18ClNO. The molecule has 1 rings (SSSR count). The Labute approximate surface area is 75.1 Å². The van der Waals surface area contributed by atoms with E-state index < -0.39 is 0 Å². The predicted molar refractivity (Wildman–Crippen MR) is 49.3 cm³/mol. The summed E-state index contributed by atoms with van der Waals surface area (Å²) < 4.78 is 5.02. The zero-order valence-corrected chi connectivity index (χ0v) is 7.95. The first kappa shape index (κ1) is 11.2. The Kier molecular flexibility index (Phi) is 7.02. The van der Waals surface area contributed by atoms with Crippen LogP contribution in [0.15, 0.2) is 0 Å². The van der Waals surface area contributed by atoms with Crippen LogP contribution in [-0.4, -0.2) is 26.8 Å². The van der Waals surface area contributed by atoms with Crippen LogP contribution in [0.4, 0.5) is 0 Å². The topological polar surface area (TPSA) is 21.3 Å². The second-order valence-electron chi connectivity index (χ2n) is 2.99. The van der Waals surface area contributed by atoms with Gasteiger partial charge in [0.15, 0.2) is 0 Å². The molecule has 2 nitrogen and oxygen atoms in total. The first-order valence-electron chi connectivity index (χ1n) is 4.13. The molecule has 11 heavy (non-hydrogen) atoms. The maximum Gasteiger partial charge on any atom is 0.0465 e. The number of nitrogens with one attached hydrogen (secondary N) is 1. The van der Waals surface area contributed by atoms with Crippen LogP contribution in [0, 0.1) is 5.92 Å².